The van der Waals surface area contributed by atoms with Crippen LogP contribution < -0.4 is 0 Å². The number of hydrogen-bond acceptors (Lipinski definition) is 7. The molecule has 3 fully saturated rings. The normalized spacial score (nSPS) is 51.2. The van der Waals surface area contributed by atoms with Crippen LogP contribution >= 0.6 is 0 Å². The minimum absolute atomic E-state index is 0.0118. The van der Waals surface area contributed by atoms with Crippen molar-refractivity contribution in [3.8, 4) is 0 Å². The number of aliphatic imine (C=N–C) groups is 1. The second-order valence-corrected chi connectivity index (χ2v) is 10.2. The molecule has 162 valence electrons. The Kier molecular flexibility index (Phi) is 4.09. The molecule has 4 aliphatic carbocycles. The van der Waals surface area contributed by atoms with E-state index >= 15 is 0 Å². The summed E-state index contributed by atoms with van der Waals surface area (Å²) in [5.74, 6) is -0.334. The van der Waals surface area contributed by atoms with Crippen molar-refractivity contribution in [3.63, 3.8) is 0 Å². The first-order valence-corrected chi connectivity index (χ1v) is 10.8. The van der Waals surface area contributed by atoms with Crippen molar-refractivity contribution in [2.75, 3.05) is 6.61 Å². The number of aliphatic hydroxyl groups is 3. The summed E-state index contributed by atoms with van der Waals surface area (Å²) in [4.78, 5) is 29.7. The Morgan fingerprint density at radius 2 is 2.03 bits per heavy atom. The third-order valence-electron chi connectivity index (χ3n) is 8.92. The van der Waals surface area contributed by atoms with Crippen molar-refractivity contribution >= 4 is 17.5 Å². The van der Waals surface area contributed by atoms with Gasteiger partial charge >= 0.3 is 0 Å². The van der Waals surface area contributed by atoms with Gasteiger partial charge in [-0.2, -0.15) is 0 Å². The molecule has 5 aliphatic rings. The topological polar surface area (TPSA) is 116 Å². The maximum Gasteiger partial charge on any atom is 0.190 e. The van der Waals surface area contributed by atoms with Gasteiger partial charge in [0, 0.05) is 23.7 Å². The average Bonchev–Trinajstić information content (AvgIpc) is 3.13. The maximum atomic E-state index is 13.1. The molecule has 0 saturated heterocycles. The minimum atomic E-state index is -1.21. The predicted molar refractivity (Wildman–Crippen MR) is 108 cm³/mol. The van der Waals surface area contributed by atoms with Gasteiger partial charge < -0.3 is 20.1 Å². The number of carbonyl (C=O) groups excluding carboxylic acids is 2. The molecule has 7 heteroatoms. The summed E-state index contributed by atoms with van der Waals surface area (Å²) in [6.07, 6.45) is 4.23. The second kappa shape index (κ2) is 6.11. The van der Waals surface area contributed by atoms with E-state index in [2.05, 4.69) is 4.99 Å². The monoisotopic (exact) mass is 415 g/mol. The average molecular weight is 415 g/mol. The Morgan fingerprint density at radius 1 is 1.30 bits per heavy atom. The lowest BCUT2D eigenvalue weighted by molar-refractivity contribution is -0.150. The zero-order chi connectivity index (χ0) is 21.6. The lowest BCUT2D eigenvalue weighted by Gasteiger charge is -2.60. The number of fused-ring (bicyclic) bond motifs is 7. The van der Waals surface area contributed by atoms with E-state index < -0.39 is 41.3 Å². The molecule has 9 atom stereocenters. The van der Waals surface area contributed by atoms with Crippen molar-refractivity contribution < 1.29 is 29.6 Å². The molecule has 1 heterocycles. The first kappa shape index (κ1) is 20.1. The molecule has 0 amide bonds. The lowest BCUT2D eigenvalue weighted by Crippen LogP contribution is -2.63. The van der Waals surface area contributed by atoms with Crippen molar-refractivity contribution in [2.24, 2.45) is 33.6 Å². The van der Waals surface area contributed by atoms with Crippen LogP contribution in [0.4, 0.5) is 0 Å². The van der Waals surface area contributed by atoms with Crippen molar-refractivity contribution in [2.45, 2.75) is 63.9 Å². The molecule has 5 rings (SSSR count). The van der Waals surface area contributed by atoms with E-state index in [0.717, 1.165) is 0 Å². The number of aliphatic hydroxyl groups excluding tert-OH is 3. The van der Waals surface area contributed by atoms with E-state index in [1.54, 1.807) is 6.92 Å². The zero-order valence-electron chi connectivity index (χ0n) is 17.5. The summed E-state index contributed by atoms with van der Waals surface area (Å²) >= 11 is 0. The molecular weight excluding hydrogens is 386 g/mol. The van der Waals surface area contributed by atoms with Gasteiger partial charge in [-0.3, -0.25) is 9.59 Å². The molecule has 0 unspecified atom stereocenters. The van der Waals surface area contributed by atoms with Gasteiger partial charge in [-0.1, -0.05) is 19.9 Å². The highest BCUT2D eigenvalue weighted by Crippen LogP contribution is 2.69. The molecule has 30 heavy (non-hydrogen) atoms. The van der Waals surface area contributed by atoms with Crippen molar-refractivity contribution in [1.29, 1.82) is 0 Å². The largest absolute Gasteiger partial charge is 0.475 e. The van der Waals surface area contributed by atoms with E-state index in [4.69, 9.17) is 4.74 Å². The molecule has 7 nitrogen and oxygen atoms in total. The van der Waals surface area contributed by atoms with E-state index in [0.29, 0.717) is 30.7 Å². The van der Waals surface area contributed by atoms with Crippen LogP contribution in [-0.4, -0.2) is 63.2 Å². The maximum absolute atomic E-state index is 13.1. The van der Waals surface area contributed by atoms with Crippen LogP contribution in [0.1, 0.15) is 40.0 Å². The van der Waals surface area contributed by atoms with Crippen LogP contribution in [0.5, 0.6) is 0 Å². The van der Waals surface area contributed by atoms with Crippen molar-refractivity contribution in [3.05, 3.63) is 23.8 Å². The molecule has 0 aromatic carbocycles. The summed E-state index contributed by atoms with van der Waals surface area (Å²) in [6.45, 7) is 5.06. The number of rotatable bonds is 2. The summed E-state index contributed by atoms with van der Waals surface area (Å²) in [6, 6.07) is 0. The Morgan fingerprint density at radius 3 is 2.73 bits per heavy atom. The fraction of sp³-hybridized carbons (Fsp3) is 0.696. The molecule has 0 spiro atoms. The fourth-order valence-electron chi connectivity index (χ4n) is 7.86. The molecule has 0 bridgehead atoms. The van der Waals surface area contributed by atoms with Crippen LogP contribution in [0.25, 0.3) is 0 Å². The molecular formula is C23H29NO6. The minimum Gasteiger partial charge on any atom is -0.475 e. The molecule has 3 N–H and O–H groups in total. The smallest absolute Gasteiger partial charge is 0.190 e. The number of allylic oxidation sites excluding steroid dienone is 3. The molecule has 0 aromatic rings. The fourth-order valence-corrected chi connectivity index (χ4v) is 7.86. The van der Waals surface area contributed by atoms with Gasteiger partial charge in [-0.15, -0.1) is 0 Å². The van der Waals surface area contributed by atoms with Crippen LogP contribution in [0.2, 0.25) is 0 Å². The van der Waals surface area contributed by atoms with Crippen LogP contribution in [0, 0.1) is 28.6 Å². The third kappa shape index (κ3) is 2.18. The summed E-state index contributed by atoms with van der Waals surface area (Å²) in [5.41, 5.74) is -1.85. The number of ketones is 2. The first-order chi connectivity index (χ1) is 14.1. The number of ether oxygens (including phenoxy) is 1. The van der Waals surface area contributed by atoms with Crippen LogP contribution in [0.3, 0.4) is 0 Å². The first-order valence-electron chi connectivity index (χ1n) is 10.8. The van der Waals surface area contributed by atoms with Crippen molar-refractivity contribution in [1.82, 2.24) is 0 Å². The van der Waals surface area contributed by atoms with Crippen LogP contribution in [-0.2, 0) is 14.3 Å². The van der Waals surface area contributed by atoms with E-state index in [1.807, 2.05) is 19.9 Å². The van der Waals surface area contributed by atoms with Gasteiger partial charge in [0.2, 0.25) is 0 Å². The summed E-state index contributed by atoms with van der Waals surface area (Å²) in [7, 11) is 0. The standard InChI is InChI=1S/C23H29NO6/c1-11-24-23(18(29)10-25)19(30-11)8-14-13-7-16(27)15-6-12(26)4-5-21(15,2)20(13)17(28)9-22(14,23)3/h4-6,13-14,16-17,19-20,25,27-28H,7-10H2,1-3H3/t13-,14-,16-,17-,19-,20-,21-,22-,23+/m0/s1. The Balaban J connectivity index is 1.63. The van der Waals surface area contributed by atoms with E-state index in [9.17, 15) is 24.9 Å². The number of carbonyl (C=O) groups is 2. The predicted octanol–water partition coefficient (Wildman–Crippen LogP) is 0.963. The third-order valence-corrected chi connectivity index (χ3v) is 8.92. The van der Waals surface area contributed by atoms with E-state index in [-0.39, 0.29) is 29.3 Å². The van der Waals surface area contributed by atoms with E-state index in [1.165, 1.54) is 12.2 Å². The number of nitrogens with zero attached hydrogens (tertiary/aromatic N) is 1. The van der Waals surface area contributed by atoms with Gasteiger partial charge in [0.15, 0.2) is 23.0 Å². The van der Waals surface area contributed by atoms with Gasteiger partial charge in [-0.25, -0.2) is 4.99 Å². The second-order valence-electron chi connectivity index (χ2n) is 10.2. The molecule has 1 aliphatic heterocycles. The molecule has 3 saturated carbocycles. The van der Waals surface area contributed by atoms with Gasteiger partial charge in [-0.05, 0) is 48.8 Å². The molecule has 0 aromatic heterocycles. The Labute approximate surface area is 175 Å². The van der Waals surface area contributed by atoms with Gasteiger partial charge in [0.25, 0.3) is 0 Å². The lowest BCUT2D eigenvalue weighted by atomic mass is 9.45. The zero-order valence-corrected chi connectivity index (χ0v) is 17.5. The highest BCUT2D eigenvalue weighted by atomic mass is 16.5. The summed E-state index contributed by atoms with van der Waals surface area (Å²) in [5, 5.41) is 32.2. The highest BCUT2D eigenvalue weighted by molar-refractivity contribution is 6.01. The van der Waals surface area contributed by atoms with Crippen LogP contribution in [0.15, 0.2) is 28.8 Å². The van der Waals surface area contributed by atoms with Gasteiger partial charge in [0.05, 0.1) is 12.2 Å². The highest BCUT2D eigenvalue weighted by Gasteiger charge is 2.74. The number of Topliss-reactive ketones (excluding diaryl/α,β-unsaturated/α-hetero) is 1. The Bertz CT molecular complexity index is 923. The SMILES string of the molecule is CC1=N[C@]2(C(=O)CO)[C@H](C[C@H]3[C@@H]4C[C@H](O)C5=CC(=O)C=C[C@]5(C)[C@@H]4[C@@H](O)C[C@@]32C)O1. The Hall–Kier alpha value is -1.83. The summed E-state index contributed by atoms with van der Waals surface area (Å²) < 4.78 is 5.96. The quantitative estimate of drug-likeness (QED) is 0.619. The molecule has 0 radical (unpaired) electrons. The number of hydrogen-bond donors (Lipinski definition) is 3. The van der Waals surface area contributed by atoms with Gasteiger partial charge in [0.1, 0.15) is 12.7 Å².